The summed E-state index contributed by atoms with van der Waals surface area (Å²) >= 11 is 2.45. The van der Waals surface area contributed by atoms with Gasteiger partial charge in [-0.2, -0.15) is 4.31 Å². The molecule has 1 aliphatic heterocycles. The molecule has 0 atom stereocenters. The highest BCUT2D eigenvalue weighted by Gasteiger charge is 2.27. The summed E-state index contributed by atoms with van der Waals surface area (Å²) in [6.07, 6.45) is 4.44. The molecule has 9 heteroatoms. The van der Waals surface area contributed by atoms with Gasteiger partial charge < -0.3 is 0 Å². The molecule has 118 valence electrons. The third-order valence-corrected chi connectivity index (χ3v) is 7.05. The Hall–Kier alpha value is -1.29. The molecular weight excluding hydrogens is 342 g/mol. The summed E-state index contributed by atoms with van der Waals surface area (Å²) in [5.74, 6) is -0.333. The second kappa shape index (κ2) is 6.45. The topological polar surface area (TPSA) is 79.4 Å². The Morgan fingerprint density at radius 1 is 1.23 bits per heavy atom. The predicted octanol–water partition coefficient (Wildman–Crippen LogP) is 2.63. The third-order valence-electron chi connectivity index (χ3n) is 3.40. The molecule has 0 radical (unpaired) electrons. The number of anilines is 1. The van der Waals surface area contributed by atoms with Crippen molar-refractivity contribution in [3.63, 3.8) is 0 Å². The Morgan fingerprint density at radius 2 is 2.00 bits per heavy atom. The number of rotatable bonds is 4. The zero-order valence-electron chi connectivity index (χ0n) is 11.7. The number of amides is 1. The van der Waals surface area contributed by atoms with Crippen LogP contribution >= 0.6 is 22.7 Å². The lowest BCUT2D eigenvalue weighted by molar-refractivity contribution is 0.103. The average molecular weight is 357 g/mol. The van der Waals surface area contributed by atoms with Gasteiger partial charge in [0.25, 0.3) is 5.91 Å². The summed E-state index contributed by atoms with van der Waals surface area (Å²) in [6, 6.07) is 1.44. The lowest BCUT2D eigenvalue weighted by Gasteiger charge is -2.25. The van der Waals surface area contributed by atoms with Crippen LogP contribution in [0.15, 0.2) is 27.9 Å². The van der Waals surface area contributed by atoms with Gasteiger partial charge in [-0.3, -0.25) is 10.1 Å². The number of carbonyl (C=O) groups is 1. The molecule has 2 aromatic rings. The lowest BCUT2D eigenvalue weighted by Crippen LogP contribution is -2.35. The minimum absolute atomic E-state index is 0.198. The molecule has 0 aliphatic carbocycles. The highest BCUT2D eigenvalue weighted by atomic mass is 32.2. The van der Waals surface area contributed by atoms with Crippen LogP contribution in [0.3, 0.4) is 0 Å². The number of hydrogen-bond acceptors (Lipinski definition) is 6. The molecule has 1 aliphatic rings. The Kier molecular flexibility index (Phi) is 4.57. The van der Waals surface area contributed by atoms with Crippen molar-refractivity contribution < 1.29 is 13.2 Å². The predicted molar refractivity (Wildman–Crippen MR) is 87.0 cm³/mol. The number of carbonyl (C=O) groups excluding carboxylic acids is 1. The first kappa shape index (κ1) is 15.6. The molecule has 0 bridgehead atoms. The molecular formula is C13H15N3O3S3. The molecule has 1 N–H and O–H groups in total. The van der Waals surface area contributed by atoms with E-state index >= 15 is 0 Å². The van der Waals surface area contributed by atoms with E-state index in [-0.39, 0.29) is 10.8 Å². The van der Waals surface area contributed by atoms with Crippen LogP contribution in [0.2, 0.25) is 0 Å². The number of thiazole rings is 1. The molecule has 1 amide bonds. The highest BCUT2D eigenvalue weighted by molar-refractivity contribution is 7.89. The number of thiophene rings is 1. The van der Waals surface area contributed by atoms with E-state index in [1.165, 1.54) is 27.1 Å². The molecule has 6 nitrogen and oxygen atoms in total. The van der Waals surface area contributed by atoms with Crippen molar-refractivity contribution in [3.05, 3.63) is 27.9 Å². The van der Waals surface area contributed by atoms with Gasteiger partial charge >= 0.3 is 0 Å². The number of nitrogens with zero attached hydrogens (tertiary/aromatic N) is 2. The summed E-state index contributed by atoms with van der Waals surface area (Å²) in [5, 5.41) is 6.44. The van der Waals surface area contributed by atoms with E-state index in [0.29, 0.717) is 23.1 Å². The molecule has 1 saturated heterocycles. The fourth-order valence-corrected chi connectivity index (χ4v) is 5.47. The van der Waals surface area contributed by atoms with Crippen LogP contribution in [0.5, 0.6) is 0 Å². The van der Waals surface area contributed by atoms with Gasteiger partial charge in [-0.15, -0.1) is 22.7 Å². The average Bonchev–Trinajstić information content (AvgIpc) is 3.19. The minimum Gasteiger partial charge on any atom is -0.297 e. The number of piperidine rings is 1. The number of aromatic nitrogens is 1. The van der Waals surface area contributed by atoms with E-state index in [2.05, 4.69) is 10.3 Å². The van der Waals surface area contributed by atoms with Crippen molar-refractivity contribution >= 4 is 43.7 Å². The molecule has 0 saturated carbocycles. The maximum absolute atomic E-state index is 12.5. The molecule has 22 heavy (non-hydrogen) atoms. The van der Waals surface area contributed by atoms with Gasteiger partial charge in [-0.1, -0.05) is 6.42 Å². The second-order valence-electron chi connectivity index (χ2n) is 4.90. The quantitative estimate of drug-likeness (QED) is 0.912. The van der Waals surface area contributed by atoms with E-state index in [4.69, 9.17) is 0 Å². The number of sulfonamides is 1. The van der Waals surface area contributed by atoms with E-state index in [0.717, 1.165) is 30.6 Å². The largest absolute Gasteiger partial charge is 0.297 e. The smallest absolute Gasteiger partial charge is 0.267 e. The van der Waals surface area contributed by atoms with E-state index in [1.807, 2.05) is 0 Å². The van der Waals surface area contributed by atoms with Crippen LogP contribution in [0, 0.1) is 0 Å². The van der Waals surface area contributed by atoms with Crippen molar-refractivity contribution in [1.29, 1.82) is 0 Å². The maximum atomic E-state index is 12.5. The molecule has 1 fully saturated rings. The summed E-state index contributed by atoms with van der Waals surface area (Å²) in [4.78, 5) is 16.6. The lowest BCUT2D eigenvalue weighted by atomic mass is 10.2. The van der Waals surface area contributed by atoms with Crippen LogP contribution in [0.25, 0.3) is 0 Å². The van der Waals surface area contributed by atoms with Gasteiger partial charge in [0.2, 0.25) is 10.0 Å². The maximum Gasteiger partial charge on any atom is 0.267 e. The molecule has 0 aromatic carbocycles. The van der Waals surface area contributed by atoms with Gasteiger partial charge in [0.15, 0.2) is 5.13 Å². The zero-order valence-corrected chi connectivity index (χ0v) is 14.1. The van der Waals surface area contributed by atoms with Gasteiger partial charge in [0.1, 0.15) is 0 Å². The third kappa shape index (κ3) is 3.22. The molecule has 3 rings (SSSR count). The van der Waals surface area contributed by atoms with E-state index < -0.39 is 10.0 Å². The first-order valence-corrected chi connectivity index (χ1v) is 10.1. The number of nitrogens with one attached hydrogen (secondary N) is 1. The SMILES string of the molecule is O=C(Nc1nccs1)c1cc(S(=O)(=O)N2CCCCC2)cs1. The fraction of sp³-hybridized carbons (Fsp3) is 0.385. The highest BCUT2D eigenvalue weighted by Crippen LogP contribution is 2.26. The standard InChI is InChI=1S/C13H15N3O3S3/c17-12(15-13-14-4-7-20-13)11-8-10(9-21-11)22(18,19)16-5-2-1-3-6-16/h4,7-9H,1-3,5-6H2,(H,14,15,17). The van der Waals surface area contributed by atoms with Gasteiger partial charge in [0, 0.05) is 30.0 Å². The van der Waals surface area contributed by atoms with Gasteiger partial charge in [-0.05, 0) is 18.9 Å². The Morgan fingerprint density at radius 3 is 2.68 bits per heavy atom. The minimum atomic E-state index is -3.49. The molecule has 0 unspecified atom stereocenters. The molecule has 0 spiro atoms. The van der Waals surface area contributed by atoms with Crippen molar-refractivity contribution in [2.45, 2.75) is 24.2 Å². The van der Waals surface area contributed by atoms with E-state index in [9.17, 15) is 13.2 Å². The number of hydrogen-bond donors (Lipinski definition) is 1. The van der Waals surface area contributed by atoms with Crippen LogP contribution < -0.4 is 5.32 Å². The van der Waals surface area contributed by atoms with E-state index in [1.54, 1.807) is 11.6 Å². The first-order valence-electron chi connectivity index (χ1n) is 6.87. The summed E-state index contributed by atoms with van der Waals surface area (Å²) in [5.41, 5.74) is 0. The summed E-state index contributed by atoms with van der Waals surface area (Å²) < 4.78 is 26.6. The van der Waals surface area contributed by atoms with Gasteiger partial charge in [0.05, 0.1) is 9.77 Å². The van der Waals surface area contributed by atoms with Crippen molar-refractivity contribution in [2.75, 3.05) is 18.4 Å². The van der Waals surface area contributed by atoms with Crippen molar-refractivity contribution in [2.24, 2.45) is 0 Å². The Balaban J connectivity index is 1.76. The summed E-state index contributed by atoms with van der Waals surface area (Å²) in [7, 11) is -3.49. The van der Waals surface area contributed by atoms with Crippen LogP contribution in [-0.4, -0.2) is 36.7 Å². The van der Waals surface area contributed by atoms with Gasteiger partial charge in [-0.25, -0.2) is 13.4 Å². The second-order valence-corrected chi connectivity index (χ2v) is 8.65. The monoisotopic (exact) mass is 357 g/mol. The molecule has 3 heterocycles. The van der Waals surface area contributed by atoms with Crippen LogP contribution in [0.1, 0.15) is 28.9 Å². The first-order chi connectivity index (χ1) is 10.6. The Labute approximate surface area is 136 Å². The zero-order chi connectivity index (χ0) is 15.6. The molecule has 2 aromatic heterocycles. The van der Waals surface area contributed by atoms with Crippen LogP contribution in [0.4, 0.5) is 5.13 Å². The Bertz CT molecular complexity index is 747. The van der Waals surface area contributed by atoms with Crippen molar-refractivity contribution in [3.8, 4) is 0 Å². The normalized spacial score (nSPS) is 16.5. The van der Waals surface area contributed by atoms with Crippen molar-refractivity contribution in [1.82, 2.24) is 9.29 Å². The van der Waals surface area contributed by atoms with Crippen LogP contribution in [-0.2, 0) is 10.0 Å². The summed E-state index contributed by atoms with van der Waals surface area (Å²) in [6.45, 7) is 1.11. The fourth-order valence-electron chi connectivity index (χ4n) is 2.27.